The van der Waals surface area contributed by atoms with Crippen molar-refractivity contribution in [2.24, 2.45) is 0 Å². The van der Waals surface area contributed by atoms with Crippen LogP contribution in [0, 0.1) is 22.9 Å². The first-order valence-corrected chi connectivity index (χ1v) is 6.32. The first kappa shape index (κ1) is 14.4. The van der Waals surface area contributed by atoms with E-state index in [1.165, 1.54) is 11.8 Å². The van der Waals surface area contributed by atoms with Crippen molar-refractivity contribution in [1.82, 2.24) is 4.90 Å². The van der Waals surface area contributed by atoms with E-state index >= 15 is 0 Å². The highest BCUT2D eigenvalue weighted by molar-refractivity contribution is 5.95. The van der Waals surface area contributed by atoms with E-state index in [2.05, 4.69) is 0 Å². The Kier molecular flexibility index (Phi) is 4.29. The van der Waals surface area contributed by atoms with E-state index in [1.807, 2.05) is 0 Å². The molecule has 7 heteroatoms. The van der Waals surface area contributed by atoms with Crippen molar-refractivity contribution < 1.29 is 18.8 Å². The molecule has 0 aromatic heterocycles. The van der Waals surface area contributed by atoms with Crippen LogP contribution in [0.4, 0.5) is 10.1 Å². The SMILES string of the molecule is Cc1cc([N+](=O)[O-])cc(C(=O)N2CCCOCC2)c1F. The molecular weight excluding hydrogens is 267 g/mol. The van der Waals surface area contributed by atoms with Gasteiger partial charge in [0.1, 0.15) is 5.82 Å². The van der Waals surface area contributed by atoms with Crippen LogP contribution < -0.4 is 0 Å². The Labute approximate surface area is 115 Å². The standard InChI is InChI=1S/C13H15FN2O4/c1-9-7-10(16(18)19)8-11(12(9)14)13(17)15-3-2-5-20-6-4-15/h7-8H,2-6H2,1H3. The van der Waals surface area contributed by atoms with Crippen LogP contribution in [0.1, 0.15) is 22.3 Å². The topological polar surface area (TPSA) is 72.7 Å². The fraction of sp³-hybridized carbons (Fsp3) is 0.462. The highest BCUT2D eigenvalue weighted by atomic mass is 19.1. The van der Waals surface area contributed by atoms with E-state index in [-0.39, 0.29) is 16.8 Å². The summed E-state index contributed by atoms with van der Waals surface area (Å²) in [7, 11) is 0. The smallest absolute Gasteiger partial charge is 0.270 e. The number of non-ortho nitro benzene ring substituents is 1. The summed E-state index contributed by atoms with van der Waals surface area (Å²) in [5.41, 5.74) is -0.439. The second kappa shape index (κ2) is 5.96. The first-order chi connectivity index (χ1) is 9.50. The van der Waals surface area contributed by atoms with Gasteiger partial charge in [0.2, 0.25) is 0 Å². The summed E-state index contributed by atoms with van der Waals surface area (Å²) in [6.45, 7) is 3.17. The largest absolute Gasteiger partial charge is 0.380 e. The minimum absolute atomic E-state index is 0.0913. The van der Waals surface area contributed by atoms with Crippen molar-refractivity contribution in [3.63, 3.8) is 0 Å². The molecule has 6 nitrogen and oxygen atoms in total. The number of benzene rings is 1. The van der Waals surface area contributed by atoms with Gasteiger partial charge in [-0.05, 0) is 18.9 Å². The van der Waals surface area contributed by atoms with Crippen LogP contribution in [-0.4, -0.2) is 42.0 Å². The van der Waals surface area contributed by atoms with Gasteiger partial charge in [-0.25, -0.2) is 4.39 Å². The molecule has 1 amide bonds. The minimum atomic E-state index is -0.703. The van der Waals surface area contributed by atoms with Gasteiger partial charge in [0.05, 0.1) is 17.1 Å². The Bertz CT molecular complexity index is 539. The van der Waals surface area contributed by atoms with Gasteiger partial charge in [-0.2, -0.15) is 0 Å². The molecule has 0 atom stereocenters. The maximum absolute atomic E-state index is 14.1. The van der Waals surface area contributed by atoms with Crippen molar-refractivity contribution in [3.8, 4) is 0 Å². The number of aryl methyl sites for hydroxylation is 1. The highest BCUT2D eigenvalue weighted by Gasteiger charge is 2.24. The Hall–Kier alpha value is -2.02. The summed E-state index contributed by atoms with van der Waals surface area (Å²) in [6, 6.07) is 2.12. The molecule has 0 saturated carbocycles. The summed E-state index contributed by atoms with van der Waals surface area (Å²) in [5.74, 6) is -1.23. The fourth-order valence-corrected chi connectivity index (χ4v) is 2.13. The predicted octanol–water partition coefficient (Wildman–Crippen LogP) is 1.90. The average Bonchev–Trinajstić information content (AvgIpc) is 2.69. The Morgan fingerprint density at radius 1 is 1.40 bits per heavy atom. The molecule has 1 aromatic rings. The monoisotopic (exact) mass is 282 g/mol. The normalized spacial score (nSPS) is 15.8. The third-order valence-corrected chi connectivity index (χ3v) is 3.19. The Morgan fingerprint density at radius 3 is 2.85 bits per heavy atom. The summed E-state index contributed by atoms with van der Waals surface area (Å²) in [5, 5.41) is 10.8. The molecular formula is C13H15FN2O4. The van der Waals surface area contributed by atoms with E-state index in [1.54, 1.807) is 0 Å². The number of nitro benzene ring substituents is 1. The number of carbonyl (C=O) groups excluding carboxylic acids is 1. The number of hydrogen-bond donors (Lipinski definition) is 0. The quantitative estimate of drug-likeness (QED) is 0.613. The van der Waals surface area contributed by atoms with Gasteiger partial charge in [0, 0.05) is 31.8 Å². The van der Waals surface area contributed by atoms with Crippen molar-refractivity contribution >= 4 is 11.6 Å². The molecule has 2 rings (SSSR count). The summed E-state index contributed by atoms with van der Waals surface area (Å²) >= 11 is 0. The summed E-state index contributed by atoms with van der Waals surface area (Å²) in [6.07, 6.45) is 0.668. The number of nitro groups is 1. The predicted molar refractivity (Wildman–Crippen MR) is 69.1 cm³/mol. The lowest BCUT2D eigenvalue weighted by atomic mass is 10.1. The van der Waals surface area contributed by atoms with E-state index in [0.717, 1.165) is 12.1 Å². The summed E-state index contributed by atoms with van der Waals surface area (Å²) in [4.78, 5) is 24.0. The van der Waals surface area contributed by atoms with Crippen LogP contribution in [0.3, 0.4) is 0 Å². The lowest BCUT2D eigenvalue weighted by Crippen LogP contribution is -2.34. The van der Waals surface area contributed by atoms with Gasteiger partial charge in [-0.15, -0.1) is 0 Å². The minimum Gasteiger partial charge on any atom is -0.380 e. The van der Waals surface area contributed by atoms with Crippen LogP contribution in [0.2, 0.25) is 0 Å². The number of nitrogens with zero attached hydrogens (tertiary/aromatic N) is 2. The number of rotatable bonds is 2. The molecule has 1 aliphatic rings. The molecule has 1 fully saturated rings. The second-order valence-corrected chi connectivity index (χ2v) is 4.64. The van der Waals surface area contributed by atoms with Crippen LogP contribution in [0.5, 0.6) is 0 Å². The van der Waals surface area contributed by atoms with Gasteiger partial charge in [0.25, 0.3) is 11.6 Å². The van der Waals surface area contributed by atoms with Gasteiger partial charge in [-0.3, -0.25) is 14.9 Å². The second-order valence-electron chi connectivity index (χ2n) is 4.64. The molecule has 1 heterocycles. The Morgan fingerprint density at radius 2 is 2.15 bits per heavy atom. The van der Waals surface area contributed by atoms with Gasteiger partial charge in [0.15, 0.2) is 0 Å². The molecule has 1 saturated heterocycles. The number of hydrogen-bond acceptors (Lipinski definition) is 4. The molecule has 0 unspecified atom stereocenters. The lowest BCUT2D eigenvalue weighted by molar-refractivity contribution is -0.385. The zero-order valence-electron chi connectivity index (χ0n) is 11.1. The van der Waals surface area contributed by atoms with Crippen LogP contribution in [0.25, 0.3) is 0 Å². The maximum Gasteiger partial charge on any atom is 0.270 e. The number of amides is 1. The van der Waals surface area contributed by atoms with E-state index < -0.39 is 16.6 Å². The molecule has 1 aromatic carbocycles. The number of halogens is 1. The van der Waals surface area contributed by atoms with Crippen LogP contribution in [-0.2, 0) is 4.74 Å². The van der Waals surface area contributed by atoms with Crippen LogP contribution >= 0.6 is 0 Å². The molecule has 0 radical (unpaired) electrons. The van der Waals surface area contributed by atoms with E-state index in [4.69, 9.17) is 4.74 Å². The van der Waals surface area contributed by atoms with Crippen molar-refractivity contribution in [1.29, 1.82) is 0 Å². The number of carbonyl (C=O) groups is 1. The van der Waals surface area contributed by atoms with Gasteiger partial charge >= 0.3 is 0 Å². The fourth-order valence-electron chi connectivity index (χ4n) is 2.13. The van der Waals surface area contributed by atoms with Crippen molar-refractivity contribution in [2.45, 2.75) is 13.3 Å². The molecule has 108 valence electrons. The van der Waals surface area contributed by atoms with Crippen LogP contribution in [0.15, 0.2) is 12.1 Å². The van der Waals surface area contributed by atoms with Crippen molar-refractivity contribution in [2.75, 3.05) is 26.3 Å². The zero-order valence-corrected chi connectivity index (χ0v) is 11.1. The van der Waals surface area contributed by atoms with Gasteiger partial charge < -0.3 is 9.64 Å². The lowest BCUT2D eigenvalue weighted by Gasteiger charge is -2.20. The third-order valence-electron chi connectivity index (χ3n) is 3.19. The molecule has 0 bridgehead atoms. The molecule has 1 aliphatic heterocycles. The maximum atomic E-state index is 14.1. The van der Waals surface area contributed by atoms with Crippen molar-refractivity contribution in [3.05, 3.63) is 39.2 Å². The average molecular weight is 282 g/mol. The Balaban J connectivity index is 2.35. The molecule has 20 heavy (non-hydrogen) atoms. The molecule has 0 N–H and O–H groups in total. The van der Waals surface area contributed by atoms with E-state index in [0.29, 0.717) is 32.7 Å². The number of ether oxygens (including phenoxy) is 1. The third kappa shape index (κ3) is 2.93. The molecule has 0 aliphatic carbocycles. The highest BCUT2D eigenvalue weighted by Crippen LogP contribution is 2.22. The summed E-state index contributed by atoms with van der Waals surface area (Å²) < 4.78 is 19.3. The first-order valence-electron chi connectivity index (χ1n) is 6.32. The van der Waals surface area contributed by atoms with Gasteiger partial charge in [-0.1, -0.05) is 0 Å². The molecule has 0 spiro atoms. The zero-order chi connectivity index (χ0) is 14.7. The van der Waals surface area contributed by atoms with E-state index in [9.17, 15) is 19.3 Å².